The van der Waals surface area contributed by atoms with E-state index in [1.807, 2.05) is 36.4 Å². The molecular formula is C16H14N2. The highest BCUT2D eigenvalue weighted by molar-refractivity contribution is 5.88. The Labute approximate surface area is 107 Å². The quantitative estimate of drug-likeness (QED) is 0.759. The molecule has 0 N–H and O–H groups in total. The summed E-state index contributed by atoms with van der Waals surface area (Å²) in [6.45, 7) is 2.12. The van der Waals surface area contributed by atoms with Crippen molar-refractivity contribution in [2.75, 3.05) is 0 Å². The molecular weight excluding hydrogens is 220 g/mol. The maximum atomic E-state index is 9.21. The van der Waals surface area contributed by atoms with Crippen LogP contribution in [-0.2, 0) is 6.42 Å². The van der Waals surface area contributed by atoms with Gasteiger partial charge in [0, 0.05) is 6.20 Å². The molecule has 1 aromatic heterocycles. The van der Waals surface area contributed by atoms with Gasteiger partial charge in [0.25, 0.3) is 0 Å². The van der Waals surface area contributed by atoms with Crippen LogP contribution in [0.1, 0.15) is 23.7 Å². The number of hydrogen-bond donors (Lipinski definition) is 0. The standard InChI is InChI=1S/C16H14N2/c1-2-13-6-5-7-14(10-13)11-15(12-17)16-8-3-4-9-18-16/h3-11H,2H2,1H3/b15-11+. The minimum atomic E-state index is 0.587. The largest absolute Gasteiger partial charge is 0.256 e. The summed E-state index contributed by atoms with van der Waals surface area (Å²) in [6.07, 6.45) is 4.57. The first-order valence-corrected chi connectivity index (χ1v) is 5.95. The average molecular weight is 234 g/mol. The summed E-state index contributed by atoms with van der Waals surface area (Å²) in [5, 5.41) is 9.21. The van der Waals surface area contributed by atoms with E-state index in [0.29, 0.717) is 11.3 Å². The zero-order valence-electron chi connectivity index (χ0n) is 10.3. The Morgan fingerprint density at radius 2 is 2.17 bits per heavy atom. The minimum absolute atomic E-state index is 0.587. The zero-order valence-corrected chi connectivity index (χ0v) is 10.3. The van der Waals surface area contributed by atoms with Gasteiger partial charge in [-0.1, -0.05) is 37.3 Å². The highest BCUT2D eigenvalue weighted by Gasteiger charge is 2.01. The number of rotatable bonds is 3. The van der Waals surface area contributed by atoms with Gasteiger partial charge in [0.15, 0.2) is 0 Å². The molecule has 0 aliphatic carbocycles. The molecule has 0 atom stereocenters. The fourth-order valence-electron chi connectivity index (χ4n) is 1.76. The SMILES string of the molecule is CCc1cccc(/C=C(\C#N)c2ccccn2)c1. The van der Waals surface area contributed by atoms with Gasteiger partial charge in [0.1, 0.15) is 6.07 Å². The van der Waals surface area contributed by atoms with Crippen molar-refractivity contribution in [3.8, 4) is 6.07 Å². The predicted molar refractivity (Wildman–Crippen MR) is 73.5 cm³/mol. The number of pyridine rings is 1. The second kappa shape index (κ2) is 5.79. The highest BCUT2D eigenvalue weighted by atomic mass is 14.7. The minimum Gasteiger partial charge on any atom is -0.256 e. The molecule has 88 valence electrons. The Balaban J connectivity index is 2.39. The van der Waals surface area contributed by atoms with Gasteiger partial charge < -0.3 is 0 Å². The number of nitrogens with zero attached hydrogens (tertiary/aromatic N) is 2. The fraction of sp³-hybridized carbons (Fsp3) is 0.125. The van der Waals surface area contributed by atoms with Crippen molar-refractivity contribution < 1.29 is 0 Å². The molecule has 2 rings (SSSR count). The third-order valence-electron chi connectivity index (χ3n) is 2.73. The van der Waals surface area contributed by atoms with Gasteiger partial charge in [-0.05, 0) is 35.8 Å². The van der Waals surface area contributed by atoms with Crippen molar-refractivity contribution in [3.05, 3.63) is 65.5 Å². The molecule has 0 radical (unpaired) electrons. The summed E-state index contributed by atoms with van der Waals surface area (Å²) in [7, 11) is 0. The molecule has 0 aliphatic heterocycles. The summed E-state index contributed by atoms with van der Waals surface area (Å²) >= 11 is 0. The summed E-state index contributed by atoms with van der Waals surface area (Å²) in [5.41, 5.74) is 3.60. The van der Waals surface area contributed by atoms with Gasteiger partial charge in [-0.15, -0.1) is 0 Å². The van der Waals surface area contributed by atoms with E-state index in [1.54, 1.807) is 6.20 Å². The molecule has 0 unspecified atom stereocenters. The van der Waals surface area contributed by atoms with Gasteiger partial charge in [-0.25, -0.2) is 0 Å². The summed E-state index contributed by atoms with van der Waals surface area (Å²) in [5.74, 6) is 0. The van der Waals surface area contributed by atoms with E-state index in [-0.39, 0.29) is 0 Å². The van der Waals surface area contributed by atoms with Crippen LogP contribution in [0.4, 0.5) is 0 Å². The van der Waals surface area contributed by atoms with Gasteiger partial charge in [0.2, 0.25) is 0 Å². The maximum Gasteiger partial charge on any atom is 0.101 e. The number of hydrogen-bond acceptors (Lipinski definition) is 2. The van der Waals surface area contributed by atoms with E-state index in [4.69, 9.17) is 0 Å². The number of nitriles is 1. The molecule has 1 heterocycles. The first-order valence-electron chi connectivity index (χ1n) is 5.95. The smallest absolute Gasteiger partial charge is 0.101 e. The lowest BCUT2D eigenvalue weighted by atomic mass is 10.1. The van der Waals surface area contributed by atoms with E-state index < -0.39 is 0 Å². The Kier molecular flexibility index (Phi) is 3.88. The Morgan fingerprint density at radius 1 is 1.28 bits per heavy atom. The lowest BCUT2D eigenvalue weighted by Gasteiger charge is -2.01. The molecule has 0 spiro atoms. The Bertz CT molecular complexity index is 592. The summed E-state index contributed by atoms with van der Waals surface area (Å²) in [4.78, 5) is 4.20. The van der Waals surface area contributed by atoms with Crippen molar-refractivity contribution in [2.45, 2.75) is 13.3 Å². The average Bonchev–Trinajstić information content (AvgIpc) is 2.46. The van der Waals surface area contributed by atoms with Crippen molar-refractivity contribution >= 4 is 11.6 Å². The lowest BCUT2D eigenvalue weighted by Crippen LogP contribution is -1.86. The van der Waals surface area contributed by atoms with Crippen LogP contribution in [0.25, 0.3) is 11.6 Å². The second-order valence-corrected chi connectivity index (χ2v) is 3.98. The number of allylic oxidation sites excluding steroid dienone is 1. The van der Waals surface area contributed by atoms with Crippen molar-refractivity contribution in [1.29, 1.82) is 5.26 Å². The van der Waals surface area contributed by atoms with Crippen molar-refractivity contribution in [1.82, 2.24) is 4.98 Å². The molecule has 0 amide bonds. The second-order valence-electron chi connectivity index (χ2n) is 3.98. The van der Waals surface area contributed by atoms with Gasteiger partial charge >= 0.3 is 0 Å². The maximum absolute atomic E-state index is 9.21. The van der Waals surface area contributed by atoms with E-state index in [1.165, 1.54) is 5.56 Å². The van der Waals surface area contributed by atoms with Gasteiger partial charge in [-0.3, -0.25) is 4.98 Å². The van der Waals surface area contributed by atoms with E-state index >= 15 is 0 Å². The highest BCUT2D eigenvalue weighted by Crippen LogP contribution is 2.16. The first-order chi connectivity index (χ1) is 8.83. The lowest BCUT2D eigenvalue weighted by molar-refractivity contribution is 1.14. The zero-order chi connectivity index (χ0) is 12.8. The molecule has 0 aliphatic rings. The van der Waals surface area contributed by atoms with Crippen molar-refractivity contribution in [3.63, 3.8) is 0 Å². The van der Waals surface area contributed by atoms with Crippen LogP contribution in [0, 0.1) is 11.3 Å². The number of aromatic nitrogens is 1. The number of aryl methyl sites for hydroxylation is 1. The predicted octanol–water partition coefficient (Wildman–Crippen LogP) is 3.71. The van der Waals surface area contributed by atoms with Crippen LogP contribution in [0.2, 0.25) is 0 Å². The monoisotopic (exact) mass is 234 g/mol. The van der Waals surface area contributed by atoms with Crippen LogP contribution in [0.3, 0.4) is 0 Å². The van der Waals surface area contributed by atoms with E-state index in [0.717, 1.165) is 12.0 Å². The Morgan fingerprint density at radius 3 is 2.83 bits per heavy atom. The van der Waals surface area contributed by atoms with Crippen molar-refractivity contribution in [2.24, 2.45) is 0 Å². The van der Waals surface area contributed by atoms with Crippen LogP contribution < -0.4 is 0 Å². The molecule has 0 fully saturated rings. The summed E-state index contributed by atoms with van der Waals surface area (Å²) in [6, 6.07) is 16.0. The molecule has 2 nitrogen and oxygen atoms in total. The number of benzene rings is 1. The Hall–Kier alpha value is -2.40. The molecule has 18 heavy (non-hydrogen) atoms. The third-order valence-corrected chi connectivity index (χ3v) is 2.73. The molecule has 0 saturated carbocycles. The van der Waals surface area contributed by atoms with Crippen LogP contribution in [0.15, 0.2) is 48.7 Å². The van der Waals surface area contributed by atoms with Crippen LogP contribution >= 0.6 is 0 Å². The fourth-order valence-corrected chi connectivity index (χ4v) is 1.76. The van der Waals surface area contributed by atoms with Gasteiger partial charge in [0.05, 0.1) is 11.3 Å². The first kappa shape index (κ1) is 12.1. The van der Waals surface area contributed by atoms with E-state index in [9.17, 15) is 5.26 Å². The third kappa shape index (κ3) is 2.83. The normalized spacial score (nSPS) is 11.0. The van der Waals surface area contributed by atoms with Gasteiger partial charge in [-0.2, -0.15) is 5.26 Å². The molecule has 0 saturated heterocycles. The molecule has 1 aromatic carbocycles. The van der Waals surface area contributed by atoms with E-state index in [2.05, 4.69) is 30.1 Å². The van der Waals surface area contributed by atoms with Crippen LogP contribution in [-0.4, -0.2) is 4.98 Å². The topological polar surface area (TPSA) is 36.7 Å². The molecule has 2 heteroatoms. The summed E-state index contributed by atoms with van der Waals surface area (Å²) < 4.78 is 0. The molecule has 0 bridgehead atoms. The molecule has 2 aromatic rings. The van der Waals surface area contributed by atoms with Crippen LogP contribution in [0.5, 0.6) is 0 Å².